The third kappa shape index (κ3) is 5.65. The van der Waals surface area contributed by atoms with Crippen molar-refractivity contribution >= 4 is 33.9 Å². The predicted octanol–water partition coefficient (Wildman–Crippen LogP) is 4.64. The first-order valence-corrected chi connectivity index (χ1v) is 14.0. The smallest absolute Gasteiger partial charge is 0.264 e. The number of nitrogens with zero attached hydrogens (tertiary/aromatic N) is 3. The molecule has 8 heteroatoms. The lowest BCUT2D eigenvalue weighted by Crippen LogP contribution is -2.34. The maximum atomic E-state index is 13.3. The molecule has 2 aromatic rings. The molecule has 1 aromatic heterocycles. The zero-order valence-electron chi connectivity index (χ0n) is 21.8. The minimum atomic E-state index is -1.62. The van der Waals surface area contributed by atoms with Crippen molar-refractivity contribution in [3.63, 3.8) is 0 Å². The van der Waals surface area contributed by atoms with Gasteiger partial charge in [0.15, 0.2) is 11.2 Å². The molecule has 4 rings (SSSR count). The van der Waals surface area contributed by atoms with Crippen LogP contribution >= 0.6 is 0 Å². The highest BCUT2D eigenvalue weighted by Gasteiger charge is 2.29. The maximum absolute atomic E-state index is 13.3. The van der Waals surface area contributed by atoms with Crippen molar-refractivity contribution in [3.8, 4) is 0 Å². The van der Waals surface area contributed by atoms with Crippen molar-refractivity contribution in [3.05, 3.63) is 59.3 Å². The zero-order valence-corrected chi connectivity index (χ0v) is 22.6. The summed E-state index contributed by atoms with van der Waals surface area (Å²) in [6, 6.07) is 5.71. The van der Waals surface area contributed by atoms with Gasteiger partial charge in [0.05, 0.1) is 0 Å². The number of carbonyl (C=O) groups is 2. The number of carbonyl (C=O) groups excluding carboxylic acids is 2. The van der Waals surface area contributed by atoms with Crippen molar-refractivity contribution < 1.29 is 13.8 Å². The second-order valence-electron chi connectivity index (χ2n) is 10.2. The number of nitrogens with one attached hydrogen (secondary N) is 1. The number of aromatic nitrogens is 1. The molecule has 2 atom stereocenters. The van der Waals surface area contributed by atoms with Crippen LogP contribution in [0.25, 0.3) is 10.9 Å². The Hall–Kier alpha value is -2.71. The van der Waals surface area contributed by atoms with Crippen LogP contribution in [0.1, 0.15) is 78.9 Å². The van der Waals surface area contributed by atoms with Gasteiger partial charge in [0.25, 0.3) is 5.91 Å². The third-order valence-electron chi connectivity index (χ3n) is 7.36. The predicted molar refractivity (Wildman–Crippen MR) is 146 cm³/mol. The van der Waals surface area contributed by atoms with Crippen molar-refractivity contribution in [2.75, 3.05) is 27.7 Å². The Balaban J connectivity index is 1.91. The van der Waals surface area contributed by atoms with E-state index in [1.54, 1.807) is 19.0 Å². The van der Waals surface area contributed by atoms with Gasteiger partial charge >= 0.3 is 0 Å². The quantitative estimate of drug-likeness (QED) is 0.609. The third-order valence-corrected chi connectivity index (χ3v) is 8.38. The van der Waals surface area contributed by atoms with Crippen molar-refractivity contribution in [1.29, 1.82) is 0 Å². The highest BCUT2D eigenvalue weighted by molar-refractivity contribution is 7.81. The van der Waals surface area contributed by atoms with E-state index in [4.69, 9.17) is 0 Å². The van der Waals surface area contributed by atoms with Crippen LogP contribution in [0.3, 0.4) is 0 Å². The van der Waals surface area contributed by atoms with E-state index in [0.717, 1.165) is 23.7 Å². The summed E-state index contributed by atoms with van der Waals surface area (Å²) >= 11 is -1.62. The van der Waals surface area contributed by atoms with Gasteiger partial charge in [-0.15, -0.1) is 0 Å². The number of rotatable bonds is 4. The molecule has 0 radical (unpaired) electrons. The number of hydrogen-bond acceptors (Lipinski definition) is 3. The fourth-order valence-corrected chi connectivity index (χ4v) is 5.86. The summed E-state index contributed by atoms with van der Waals surface area (Å²) < 4.78 is 18.3. The van der Waals surface area contributed by atoms with E-state index in [1.807, 2.05) is 37.4 Å². The van der Waals surface area contributed by atoms with Crippen LogP contribution < -0.4 is 4.72 Å². The van der Waals surface area contributed by atoms with Crippen LogP contribution in [-0.4, -0.2) is 57.5 Å². The lowest BCUT2D eigenvalue weighted by Gasteiger charge is -2.22. The molecule has 2 amide bonds. The van der Waals surface area contributed by atoms with Gasteiger partial charge in [0.1, 0.15) is 6.54 Å². The SMILES string of the molecule is CC1/C=C\C=C/CN(C)C(=O)Cn2c1c(C1CCCCCC1)c1ccc(C(=O)NS(=O)N(C)C)cc12. The molecule has 1 fully saturated rings. The first-order valence-electron chi connectivity index (χ1n) is 12.9. The molecular weight excluding hydrogens is 472 g/mol. The summed E-state index contributed by atoms with van der Waals surface area (Å²) in [6.45, 7) is 2.95. The highest BCUT2D eigenvalue weighted by atomic mass is 32.2. The summed E-state index contributed by atoms with van der Waals surface area (Å²) in [4.78, 5) is 27.9. The molecule has 194 valence electrons. The standard InChI is InChI=1S/C28H38N4O3S/c1-20-12-8-7-11-17-31(4)25(33)19-32-24-18-22(28(34)29-36(35)30(2)3)15-16-23(24)26(27(20)32)21-13-9-5-6-10-14-21/h7-8,11-12,15-16,18,20-21H,5-6,9-10,13-14,17,19H2,1-4H3,(H,29,34)/b11-7-,12-8-. The molecule has 0 spiro atoms. The fraction of sp³-hybridized carbons (Fsp3) is 0.500. The Bertz CT molecular complexity index is 1210. The van der Waals surface area contributed by atoms with Gasteiger partial charge in [0, 0.05) is 55.8 Å². The van der Waals surface area contributed by atoms with E-state index in [-0.39, 0.29) is 18.4 Å². The Kier molecular flexibility index (Phi) is 8.46. The van der Waals surface area contributed by atoms with E-state index < -0.39 is 17.1 Å². The number of likely N-dealkylation sites (N-methyl/N-ethyl adjacent to an activating group) is 1. The largest absolute Gasteiger partial charge is 0.340 e. The molecule has 1 aromatic carbocycles. The minimum Gasteiger partial charge on any atom is -0.340 e. The average molecular weight is 511 g/mol. The van der Waals surface area contributed by atoms with Crippen molar-refractivity contribution in [2.24, 2.45) is 0 Å². The fourth-order valence-electron chi connectivity index (χ4n) is 5.40. The van der Waals surface area contributed by atoms with Crippen LogP contribution in [0.15, 0.2) is 42.5 Å². The van der Waals surface area contributed by atoms with E-state index in [2.05, 4.69) is 28.4 Å². The number of fused-ring (bicyclic) bond motifs is 3. The molecule has 2 unspecified atom stereocenters. The molecular formula is C28H38N4O3S. The first-order chi connectivity index (χ1) is 17.3. The van der Waals surface area contributed by atoms with Gasteiger partial charge in [-0.25, -0.2) is 8.51 Å². The molecule has 7 nitrogen and oxygen atoms in total. The second kappa shape index (κ2) is 11.6. The summed E-state index contributed by atoms with van der Waals surface area (Å²) in [6.07, 6.45) is 15.5. The molecule has 36 heavy (non-hydrogen) atoms. The summed E-state index contributed by atoms with van der Waals surface area (Å²) in [5, 5.41) is 1.12. The maximum Gasteiger partial charge on any atom is 0.264 e. The van der Waals surface area contributed by atoms with E-state index in [0.29, 0.717) is 18.0 Å². The molecule has 2 aliphatic rings. The lowest BCUT2D eigenvalue weighted by molar-refractivity contribution is -0.130. The second-order valence-corrected chi connectivity index (χ2v) is 11.6. The summed E-state index contributed by atoms with van der Waals surface area (Å²) in [7, 11) is 5.12. The minimum absolute atomic E-state index is 0.0304. The number of benzene rings is 1. The first kappa shape index (κ1) is 26.4. The Morgan fingerprint density at radius 2 is 1.83 bits per heavy atom. The Morgan fingerprint density at radius 3 is 2.53 bits per heavy atom. The van der Waals surface area contributed by atoms with Gasteiger partial charge in [-0.3, -0.25) is 14.3 Å². The molecule has 1 saturated carbocycles. The van der Waals surface area contributed by atoms with Gasteiger partial charge in [-0.05, 0) is 36.5 Å². The van der Waals surface area contributed by atoms with Gasteiger partial charge in [-0.1, -0.05) is 63.0 Å². The topological polar surface area (TPSA) is 74.6 Å². The van der Waals surface area contributed by atoms with Crippen LogP contribution in [0.2, 0.25) is 0 Å². The van der Waals surface area contributed by atoms with Crippen molar-refractivity contribution in [1.82, 2.24) is 18.5 Å². The molecule has 1 aliphatic carbocycles. The average Bonchev–Trinajstić information content (AvgIpc) is 2.99. The van der Waals surface area contributed by atoms with Crippen LogP contribution in [0.5, 0.6) is 0 Å². The molecule has 1 N–H and O–H groups in total. The highest BCUT2D eigenvalue weighted by Crippen LogP contribution is 2.42. The summed E-state index contributed by atoms with van der Waals surface area (Å²) in [5.41, 5.74) is 3.82. The number of hydrogen-bond donors (Lipinski definition) is 1. The number of amides is 2. The summed E-state index contributed by atoms with van der Waals surface area (Å²) in [5.74, 6) is 0.169. The molecule has 1 aliphatic heterocycles. The van der Waals surface area contributed by atoms with E-state index >= 15 is 0 Å². The van der Waals surface area contributed by atoms with Crippen LogP contribution in [0.4, 0.5) is 0 Å². The molecule has 0 saturated heterocycles. The lowest BCUT2D eigenvalue weighted by atomic mass is 9.86. The van der Waals surface area contributed by atoms with E-state index in [9.17, 15) is 13.8 Å². The molecule has 2 heterocycles. The molecule has 0 bridgehead atoms. The van der Waals surface area contributed by atoms with Crippen LogP contribution in [0, 0.1) is 0 Å². The van der Waals surface area contributed by atoms with E-state index in [1.165, 1.54) is 41.2 Å². The normalized spacial score (nSPS) is 22.5. The number of allylic oxidation sites excluding steroid dienone is 3. The van der Waals surface area contributed by atoms with Gasteiger partial charge < -0.3 is 9.47 Å². The Labute approximate surface area is 216 Å². The van der Waals surface area contributed by atoms with Gasteiger partial charge in [-0.2, -0.15) is 0 Å². The monoisotopic (exact) mass is 510 g/mol. The zero-order chi connectivity index (χ0) is 25.8. The Morgan fingerprint density at radius 1 is 1.11 bits per heavy atom. The van der Waals surface area contributed by atoms with Crippen molar-refractivity contribution in [2.45, 2.75) is 63.8 Å². The van der Waals surface area contributed by atoms with Crippen LogP contribution in [-0.2, 0) is 22.5 Å². The van der Waals surface area contributed by atoms with Gasteiger partial charge in [0.2, 0.25) is 5.91 Å².